The maximum Gasteiger partial charge on any atom is 0.257 e. The fourth-order valence-electron chi connectivity index (χ4n) is 3.19. The molecule has 8 nitrogen and oxygen atoms in total. The summed E-state index contributed by atoms with van der Waals surface area (Å²) in [6, 6.07) is 15.8. The van der Waals surface area contributed by atoms with Crippen LogP contribution < -0.4 is 5.32 Å². The van der Waals surface area contributed by atoms with Gasteiger partial charge in [-0.1, -0.05) is 19.1 Å². The lowest BCUT2D eigenvalue weighted by Crippen LogP contribution is -2.17. The first-order valence-electron chi connectivity index (χ1n) is 9.70. The van der Waals surface area contributed by atoms with Crippen LogP contribution in [-0.2, 0) is 16.3 Å². The second-order valence-corrected chi connectivity index (χ2v) is 9.14. The van der Waals surface area contributed by atoms with E-state index in [1.54, 1.807) is 24.3 Å². The molecule has 0 spiro atoms. The van der Waals surface area contributed by atoms with Crippen molar-refractivity contribution in [2.45, 2.75) is 18.2 Å². The zero-order valence-electron chi connectivity index (χ0n) is 17.3. The molecule has 4 rings (SSSR count). The van der Waals surface area contributed by atoms with Crippen molar-refractivity contribution in [3.8, 4) is 17.5 Å². The average molecular weight is 446 g/mol. The van der Waals surface area contributed by atoms with Crippen LogP contribution in [0, 0.1) is 11.3 Å². The minimum absolute atomic E-state index is 0.0618. The van der Waals surface area contributed by atoms with E-state index in [1.807, 2.05) is 24.3 Å². The third-order valence-electron chi connectivity index (χ3n) is 4.88. The van der Waals surface area contributed by atoms with Crippen molar-refractivity contribution >= 4 is 32.5 Å². The zero-order valence-corrected chi connectivity index (χ0v) is 18.1. The largest absolute Gasteiger partial charge is 0.436 e. The Morgan fingerprint density at radius 1 is 1.16 bits per heavy atom. The van der Waals surface area contributed by atoms with Gasteiger partial charge in [-0.3, -0.25) is 4.79 Å². The number of carbonyl (C=O) groups is 1. The Hall–Kier alpha value is -4.03. The lowest BCUT2D eigenvalue weighted by atomic mass is 10.1. The fraction of sp³-hybridized carbons (Fsp3) is 0.130. The predicted molar refractivity (Wildman–Crippen MR) is 119 cm³/mol. The number of aryl methyl sites for hydroxylation is 1. The fourth-order valence-corrected chi connectivity index (χ4v) is 3.98. The van der Waals surface area contributed by atoms with Crippen LogP contribution in [0.3, 0.4) is 0 Å². The number of nitriles is 1. The summed E-state index contributed by atoms with van der Waals surface area (Å²) in [7, 11) is -3.72. The molecular formula is C23H18N4O4S. The number of anilines is 1. The SMILES string of the molecule is CCc1ccc(-c2nc3cc(NC(=O)c4cc(C#N)ncc4S(C)(=O)=O)ccc3o2)cc1. The van der Waals surface area contributed by atoms with Crippen molar-refractivity contribution < 1.29 is 17.6 Å². The average Bonchev–Trinajstić information content (AvgIpc) is 3.21. The summed E-state index contributed by atoms with van der Waals surface area (Å²) >= 11 is 0. The molecule has 0 unspecified atom stereocenters. The molecule has 2 aromatic heterocycles. The molecule has 1 amide bonds. The summed E-state index contributed by atoms with van der Waals surface area (Å²) in [6.07, 6.45) is 2.92. The molecule has 0 aliphatic carbocycles. The van der Waals surface area contributed by atoms with E-state index in [0.717, 1.165) is 30.5 Å². The number of aromatic nitrogens is 2. The molecule has 0 aliphatic rings. The maximum atomic E-state index is 12.8. The molecule has 9 heteroatoms. The molecule has 160 valence electrons. The zero-order chi connectivity index (χ0) is 22.9. The summed E-state index contributed by atoms with van der Waals surface area (Å²) in [5.74, 6) is -0.221. The van der Waals surface area contributed by atoms with E-state index in [4.69, 9.17) is 9.68 Å². The van der Waals surface area contributed by atoms with Crippen LogP contribution in [0.1, 0.15) is 28.5 Å². The van der Waals surface area contributed by atoms with Gasteiger partial charge in [0.05, 0.1) is 10.5 Å². The molecule has 0 atom stereocenters. The van der Waals surface area contributed by atoms with Crippen LogP contribution in [-0.4, -0.2) is 30.5 Å². The van der Waals surface area contributed by atoms with Gasteiger partial charge < -0.3 is 9.73 Å². The highest BCUT2D eigenvalue weighted by Gasteiger charge is 2.21. The number of nitrogens with zero attached hydrogens (tertiary/aromatic N) is 3. The van der Waals surface area contributed by atoms with E-state index in [0.29, 0.717) is 22.7 Å². The number of hydrogen-bond donors (Lipinski definition) is 1. The highest BCUT2D eigenvalue weighted by molar-refractivity contribution is 7.90. The third kappa shape index (κ3) is 4.22. The van der Waals surface area contributed by atoms with E-state index >= 15 is 0 Å². The molecule has 0 bridgehead atoms. The van der Waals surface area contributed by atoms with E-state index in [1.165, 1.54) is 5.56 Å². The lowest BCUT2D eigenvalue weighted by molar-refractivity contribution is 0.102. The van der Waals surface area contributed by atoms with Crippen LogP contribution in [0.5, 0.6) is 0 Å². The minimum atomic E-state index is -3.72. The number of amides is 1. The first-order valence-corrected chi connectivity index (χ1v) is 11.6. The number of carbonyl (C=O) groups excluding carboxylic acids is 1. The van der Waals surface area contributed by atoms with Crippen molar-refractivity contribution in [2.75, 3.05) is 11.6 Å². The summed E-state index contributed by atoms with van der Waals surface area (Å²) in [4.78, 5) is 20.8. The molecule has 0 radical (unpaired) electrons. The van der Waals surface area contributed by atoms with Crippen LogP contribution in [0.4, 0.5) is 5.69 Å². The number of fused-ring (bicyclic) bond motifs is 1. The van der Waals surface area contributed by atoms with E-state index in [-0.39, 0.29) is 16.2 Å². The number of pyridine rings is 1. The molecule has 4 aromatic rings. The number of benzene rings is 2. The number of sulfone groups is 1. The lowest BCUT2D eigenvalue weighted by Gasteiger charge is -2.09. The van der Waals surface area contributed by atoms with Gasteiger partial charge in [0.25, 0.3) is 5.91 Å². The molecule has 2 heterocycles. The highest BCUT2D eigenvalue weighted by atomic mass is 32.2. The van der Waals surface area contributed by atoms with Crippen LogP contribution in [0.15, 0.2) is 64.0 Å². The Morgan fingerprint density at radius 2 is 1.91 bits per heavy atom. The van der Waals surface area contributed by atoms with Gasteiger partial charge >= 0.3 is 0 Å². The second kappa shape index (κ2) is 8.24. The molecular weight excluding hydrogens is 428 g/mol. The number of hydrogen-bond acceptors (Lipinski definition) is 7. The van der Waals surface area contributed by atoms with Crippen molar-refractivity contribution in [1.82, 2.24) is 9.97 Å². The second-order valence-electron chi connectivity index (χ2n) is 7.16. The maximum absolute atomic E-state index is 12.8. The summed E-state index contributed by atoms with van der Waals surface area (Å²) < 4.78 is 29.9. The van der Waals surface area contributed by atoms with E-state index < -0.39 is 15.7 Å². The van der Waals surface area contributed by atoms with Crippen LogP contribution in [0.2, 0.25) is 0 Å². The number of oxazole rings is 1. The first kappa shape index (κ1) is 21.2. The highest BCUT2D eigenvalue weighted by Crippen LogP contribution is 2.27. The predicted octanol–water partition coefficient (Wildman–Crippen LogP) is 3.98. The smallest absolute Gasteiger partial charge is 0.257 e. The normalized spacial score (nSPS) is 11.3. The van der Waals surface area contributed by atoms with Crippen molar-refractivity contribution in [3.05, 3.63) is 71.5 Å². The van der Waals surface area contributed by atoms with Gasteiger partial charge in [-0.2, -0.15) is 5.26 Å². The molecule has 1 N–H and O–H groups in total. The van der Waals surface area contributed by atoms with E-state index in [9.17, 15) is 13.2 Å². The van der Waals surface area contributed by atoms with Gasteiger partial charge in [-0.15, -0.1) is 0 Å². The quantitative estimate of drug-likeness (QED) is 0.491. The van der Waals surface area contributed by atoms with Gasteiger partial charge in [-0.25, -0.2) is 18.4 Å². The Kier molecular flexibility index (Phi) is 5.47. The molecule has 0 fully saturated rings. The van der Waals surface area contributed by atoms with Gasteiger partial charge in [0.1, 0.15) is 17.3 Å². The van der Waals surface area contributed by atoms with Gasteiger partial charge in [0.15, 0.2) is 15.4 Å². The molecule has 0 saturated heterocycles. The molecule has 2 aromatic carbocycles. The number of rotatable bonds is 5. The van der Waals surface area contributed by atoms with Crippen molar-refractivity contribution in [1.29, 1.82) is 5.26 Å². The summed E-state index contributed by atoms with van der Waals surface area (Å²) in [5.41, 5.74) is 3.31. The van der Waals surface area contributed by atoms with Gasteiger partial charge in [0.2, 0.25) is 5.89 Å². The Morgan fingerprint density at radius 3 is 2.56 bits per heavy atom. The summed E-state index contributed by atoms with van der Waals surface area (Å²) in [6.45, 7) is 2.08. The monoisotopic (exact) mass is 446 g/mol. The van der Waals surface area contributed by atoms with E-state index in [2.05, 4.69) is 22.2 Å². The summed E-state index contributed by atoms with van der Waals surface area (Å²) in [5, 5.41) is 11.7. The minimum Gasteiger partial charge on any atom is -0.436 e. The van der Waals surface area contributed by atoms with Gasteiger partial charge in [-0.05, 0) is 48.4 Å². The van der Waals surface area contributed by atoms with Gasteiger partial charge in [0, 0.05) is 23.7 Å². The molecule has 0 saturated carbocycles. The Bertz CT molecular complexity index is 1480. The first-order chi connectivity index (χ1) is 15.3. The molecule has 0 aliphatic heterocycles. The topological polar surface area (TPSA) is 126 Å². The van der Waals surface area contributed by atoms with Crippen molar-refractivity contribution in [2.24, 2.45) is 0 Å². The Labute approximate surface area is 184 Å². The number of nitrogens with one attached hydrogen (secondary N) is 1. The Balaban J connectivity index is 1.65. The molecule has 32 heavy (non-hydrogen) atoms. The van der Waals surface area contributed by atoms with Crippen molar-refractivity contribution in [3.63, 3.8) is 0 Å². The van der Waals surface area contributed by atoms with Crippen LogP contribution >= 0.6 is 0 Å². The third-order valence-corrected chi connectivity index (χ3v) is 6.00. The van der Waals surface area contributed by atoms with Crippen LogP contribution in [0.25, 0.3) is 22.6 Å². The standard InChI is InChI=1S/C23H18N4O4S/c1-3-14-4-6-15(7-5-14)23-27-19-11-16(8-9-20(19)31-23)26-22(28)18-10-17(12-24)25-13-21(18)32(2,29)30/h4-11,13H,3H2,1-2H3,(H,26,28).